The number of rotatable bonds is 2. The summed E-state index contributed by atoms with van der Waals surface area (Å²) in [4.78, 5) is 11.5. The van der Waals surface area contributed by atoms with Crippen molar-refractivity contribution in [1.82, 2.24) is 0 Å². The maximum absolute atomic E-state index is 11.5. The molecule has 15 heavy (non-hydrogen) atoms. The molecule has 0 N–H and O–H groups in total. The molecule has 0 aliphatic rings. The van der Waals surface area contributed by atoms with Crippen LogP contribution in [0.3, 0.4) is 0 Å². The Bertz CT molecular complexity index is 372. The van der Waals surface area contributed by atoms with Gasteiger partial charge in [-0.15, -0.1) is 6.26 Å². The topological polar surface area (TPSA) is 40.1 Å². The fraction of sp³-hybridized carbons (Fsp3) is 0.250. The van der Waals surface area contributed by atoms with Gasteiger partial charge < -0.3 is 5.11 Å². The van der Waals surface area contributed by atoms with Crippen LogP contribution in [0, 0.1) is 20.8 Å². The summed E-state index contributed by atoms with van der Waals surface area (Å²) in [7, 11) is 0. The predicted octanol–water partition coefficient (Wildman–Crippen LogP) is -1.33. The van der Waals surface area contributed by atoms with Gasteiger partial charge in [-0.2, -0.15) is 0 Å². The molecule has 0 fully saturated rings. The number of benzene rings is 1. The van der Waals surface area contributed by atoms with Gasteiger partial charge in [0.15, 0.2) is 5.78 Å². The van der Waals surface area contributed by atoms with Crippen LogP contribution >= 0.6 is 0 Å². The number of hydrogen-bond acceptors (Lipinski definition) is 2. The third-order valence-corrected chi connectivity index (χ3v) is 2.14. The molecule has 0 bridgehead atoms. The van der Waals surface area contributed by atoms with Crippen LogP contribution in [0.25, 0.3) is 0 Å². The van der Waals surface area contributed by atoms with Crippen LogP contribution in [0.4, 0.5) is 0 Å². The van der Waals surface area contributed by atoms with Crippen molar-refractivity contribution in [1.29, 1.82) is 0 Å². The van der Waals surface area contributed by atoms with Gasteiger partial charge in [0.25, 0.3) is 0 Å². The molecular weight excluding hydrogens is 199 g/mol. The van der Waals surface area contributed by atoms with Crippen molar-refractivity contribution in [3.63, 3.8) is 0 Å². The Morgan fingerprint density at radius 2 is 1.67 bits per heavy atom. The van der Waals surface area contributed by atoms with Gasteiger partial charge in [-0.3, -0.25) is 4.79 Å². The number of hydrogen-bond donors (Lipinski definition) is 0. The first-order valence-electron chi connectivity index (χ1n) is 4.47. The molecule has 0 spiro atoms. The van der Waals surface area contributed by atoms with Crippen molar-refractivity contribution < 1.29 is 39.5 Å². The average Bonchev–Trinajstić information content (AvgIpc) is 2.01. The summed E-state index contributed by atoms with van der Waals surface area (Å²) in [6.07, 6.45) is 1.59. The largest absolute Gasteiger partial charge is 1.00 e. The summed E-state index contributed by atoms with van der Waals surface area (Å²) in [6.45, 7) is 5.75. The maximum Gasteiger partial charge on any atom is 1.00 e. The molecule has 1 aromatic rings. The molecule has 0 unspecified atom stereocenters. The first-order chi connectivity index (χ1) is 6.56. The Morgan fingerprint density at radius 1 is 1.20 bits per heavy atom. The number of carbonyl (C=O) groups excluding carboxylic acids is 1. The first kappa shape index (κ1) is 14.4. The van der Waals surface area contributed by atoms with E-state index in [1.54, 1.807) is 0 Å². The zero-order valence-electron chi connectivity index (χ0n) is 9.63. The summed E-state index contributed by atoms with van der Waals surface area (Å²) in [6, 6.07) is 3.89. The second-order valence-corrected chi connectivity index (χ2v) is 3.44. The van der Waals surface area contributed by atoms with Gasteiger partial charge in [0.2, 0.25) is 0 Å². The summed E-state index contributed by atoms with van der Waals surface area (Å²) in [5.41, 5.74) is 3.61. The molecule has 1 aromatic carbocycles. The third kappa shape index (κ3) is 3.49. The Morgan fingerprint density at radius 3 is 2.07 bits per heavy atom. The molecule has 0 atom stereocenters. The van der Waals surface area contributed by atoms with Crippen LogP contribution in [0.2, 0.25) is 0 Å². The summed E-state index contributed by atoms with van der Waals surface area (Å²) in [5, 5.41) is 10.2. The van der Waals surface area contributed by atoms with E-state index < -0.39 is 0 Å². The Hall–Kier alpha value is -0.570. The molecule has 3 heteroatoms. The van der Waals surface area contributed by atoms with Crippen molar-refractivity contribution in [2.75, 3.05) is 0 Å². The van der Waals surface area contributed by atoms with E-state index in [1.807, 2.05) is 32.9 Å². The van der Waals surface area contributed by atoms with Gasteiger partial charge in [-0.05, 0) is 38.0 Å². The number of ketones is 1. The fourth-order valence-electron chi connectivity index (χ4n) is 1.71. The van der Waals surface area contributed by atoms with Crippen LogP contribution < -0.4 is 34.7 Å². The molecule has 0 heterocycles. The summed E-state index contributed by atoms with van der Waals surface area (Å²) < 4.78 is 0. The molecule has 2 nitrogen and oxygen atoms in total. The van der Waals surface area contributed by atoms with Crippen molar-refractivity contribution in [2.24, 2.45) is 0 Å². The minimum atomic E-state index is -0.213. The van der Waals surface area contributed by atoms with Gasteiger partial charge in [0.1, 0.15) is 0 Å². The minimum Gasteiger partial charge on any atom is -0.878 e. The number of aryl methyl sites for hydroxylation is 3. The maximum atomic E-state index is 11.5. The van der Waals surface area contributed by atoms with E-state index in [9.17, 15) is 9.90 Å². The molecule has 0 saturated carbocycles. The third-order valence-electron chi connectivity index (χ3n) is 2.14. The molecule has 0 aromatic heterocycles. The second-order valence-electron chi connectivity index (χ2n) is 3.44. The van der Waals surface area contributed by atoms with E-state index >= 15 is 0 Å². The quantitative estimate of drug-likeness (QED) is 0.264. The van der Waals surface area contributed by atoms with Crippen LogP contribution in [-0.2, 0) is 0 Å². The Kier molecular flexibility index (Phi) is 5.88. The molecular formula is C12H13NaO2. The molecule has 0 radical (unpaired) electrons. The van der Waals surface area contributed by atoms with Crippen molar-refractivity contribution in [2.45, 2.75) is 20.8 Å². The van der Waals surface area contributed by atoms with E-state index in [0.29, 0.717) is 11.8 Å². The fourth-order valence-corrected chi connectivity index (χ4v) is 1.71. The van der Waals surface area contributed by atoms with E-state index in [0.717, 1.165) is 22.8 Å². The first-order valence-corrected chi connectivity index (χ1v) is 4.47. The van der Waals surface area contributed by atoms with E-state index in [2.05, 4.69) is 0 Å². The van der Waals surface area contributed by atoms with Gasteiger partial charge in [0, 0.05) is 5.56 Å². The summed E-state index contributed by atoms with van der Waals surface area (Å²) in [5.74, 6) is -0.213. The Balaban J connectivity index is 0.00000196. The van der Waals surface area contributed by atoms with Gasteiger partial charge in [-0.1, -0.05) is 17.7 Å². The van der Waals surface area contributed by atoms with Gasteiger partial charge in [0.05, 0.1) is 0 Å². The van der Waals surface area contributed by atoms with Crippen LogP contribution in [-0.4, -0.2) is 5.78 Å². The van der Waals surface area contributed by atoms with E-state index in [1.165, 1.54) is 0 Å². The molecule has 74 valence electrons. The molecule has 1 rings (SSSR count). The van der Waals surface area contributed by atoms with E-state index in [-0.39, 0.29) is 35.3 Å². The zero-order valence-corrected chi connectivity index (χ0v) is 11.6. The summed E-state index contributed by atoms with van der Waals surface area (Å²) >= 11 is 0. The molecule has 0 aliphatic carbocycles. The second kappa shape index (κ2) is 6.11. The zero-order chi connectivity index (χ0) is 10.7. The normalized spacial score (nSPS) is 10.1. The van der Waals surface area contributed by atoms with Crippen LogP contribution in [0.5, 0.6) is 0 Å². The smallest absolute Gasteiger partial charge is 0.878 e. The van der Waals surface area contributed by atoms with Gasteiger partial charge in [-0.25, -0.2) is 0 Å². The molecule has 0 aliphatic heterocycles. The number of carbonyl (C=O) groups is 1. The SMILES string of the molecule is Cc1cc(C)c(C(=O)C=C[O-])c(C)c1.[Na+]. The monoisotopic (exact) mass is 212 g/mol. The Labute approximate surface area is 112 Å². The van der Waals surface area contributed by atoms with E-state index in [4.69, 9.17) is 0 Å². The van der Waals surface area contributed by atoms with Crippen LogP contribution in [0.1, 0.15) is 27.0 Å². The van der Waals surface area contributed by atoms with Crippen molar-refractivity contribution in [3.8, 4) is 0 Å². The van der Waals surface area contributed by atoms with Gasteiger partial charge >= 0.3 is 29.6 Å². The van der Waals surface area contributed by atoms with Crippen molar-refractivity contribution in [3.05, 3.63) is 46.7 Å². The standard InChI is InChI=1S/C12H14O2.Na/c1-8-6-9(2)12(10(3)7-8)11(14)4-5-13;/h4-7,13H,1-3H3;/q;+1/p-1. The number of allylic oxidation sites excluding steroid dienone is 1. The molecule has 0 saturated heterocycles. The average molecular weight is 212 g/mol. The molecule has 0 amide bonds. The minimum absolute atomic E-state index is 0. The van der Waals surface area contributed by atoms with Crippen molar-refractivity contribution >= 4 is 5.78 Å². The predicted molar refractivity (Wildman–Crippen MR) is 54.1 cm³/mol. The van der Waals surface area contributed by atoms with Crippen LogP contribution in [0.15, 0.2) is 24.5 Å².